The zero-order valence-corrected chi connectivity index (χ0v) is 22.6. The van der Waals surface area contributed by atoms with Crippen LogP contribution in [0.3, 0.4) is 0 Å². The summed E-state index contributed by atoms with van der Waals surface area (Å²) in [6.45, 7) is 1.08. The van der Waals surface area contributed by atoms with E-state index >= 15 is 0 Å². The Kier molecular flexibility index (Phi) is 6.71. The summed E-state index contributed by atoms with van der Waals surface area (Å²) in [6, 6.07) is 8.95. The number of halogens is 4. The molecule has 1 amide bonds. The van der Waals surface area contributed by atoms with Crippen LogP contribution < -0.4 is 4.90 Å². The second kappa shape index (κ2) is 10.1. The molecule has 4 heterocycles. The van der Waals surface area contributed by atoms with Gasteiger partial charge in [0.15, 0.2) is 5.13 Å². The summed E-state index contributed by atoms with van der Waals surface area (Å²) in [5.41, 5.74) is 0.741. The van der Waals surface area contributed by atoms with Gasteiger partial charge in [0.25, 0.3) is 0 Å². The third-order valence-corrected chi connectivity index (χ3v) is 8.64. The molecule has 4 aromatic rings. The van der Waals surface area contributed by atoms with Crippen LogP contribution in [0.25, 0.3) is 22.6 Å². The molecule has 2 aromatic carbocycles. The number of H-pyrrole nitrogens is 1. The molecule has 0 radical (unpaired) electrons. The number of hydrogen-bond acceptors (Lipinski definition) is 7. The average molecular weight is 590 g/mol. The highest BCUT2D eigenvalue weighted by molar-refractivity contribution is 7.17. The van der Waals surface area contributed by atoms with Gasteiger partial charge in [0.2, 0.25) is 11.8 Å². The molecule has 2 atom stereocenters. The Labute approximate surface area is 235 Å². The second-order valence-corrected chi connectivity index (χ2v) is 11.2. The summed E-state index contributed by atoms with van der Waals surface area (Å²) in [6.07, 6.45) is -0.850. The summed E-state index contributed by atoms with van der Waals surface area (Å²) in [4.78, 5) is 21.0. The van der Waals surface area contributed by atoms with Gasteiger partial charge in [-0.15, -0.1) is 0 Å². The number of anilines is 1. The summed E-state index contributed by atoms with van der Waals surface area (Å²) >= 11 is 7.11. The van der Waals surface area contributed by atoms with Crippen LogP contribution in [0.15, 0.2) is 42.6 Å². The smallest absolute Gasteiger partial charge is 0.417 e. The summed E-state index contributed by atoms with van der Waals surface area (Å²) in [7, 11) is 1.48. The van der Waals surface area contributed by atoms with E-state index in [0.29, 0.717) is 34.2 Å². The molecule has 2 N–H and O–H groups in total. The first kappa shape index (κ1) is 26.6. The van der Waals surface area contributed by atoms with Crippen molar-refractivity contribution in [2.75, 3.05) is 31.7 Å². The molecule has 2 aromatic heterocycles. The van der Waals surface area contributed by atoms with E-state index in [1.165, 1.54) is 36.7 Å². The number of amides is 1. The number of hydrogen-bond donors (Lipinski definition) is 2. The van der Waals surface area contributed by atoms with E-state index in [-0.39, 0.29) is 41.1 Å². The Bertz CT molecular complexity index is 1640. The predicted molar refractivity (Wildman–Crippen MR) is 146 cm³/mol. The third-order valence-electron chi connectivity index (χ3n) is 7.29. The fourth-order valence-corrected chi connectivity index (χ4v) is 6.71. The molecule has 0 saturated carbocycles. The molecule has 2 bridgehead atoms. The normalized spacial score (nSPS) is 19.3. The standard InChI is InChI=1S/C27H23ClF3N5O3S/c1-39-13-23(37)35-11-19-9-18(35)12-36(19)26-33-25(38)24(40-26)20(14-3-5-22-16(6-14)10-32-34-22)7-15-2-4-17(28)8-21(15)27(29,30)31/h2-8,10,18-19,38H,9,11-13H2,1H3,(H,32,34). The molecule has 208 valence electrons. The molecule has 2 aliphatic heterocycles. The number of aromatic nitrogens is 3. The largest absolute Gasteiger partial charge is 0.492 e. The molecule has 13 heteroatoms. The predicted octanol–water partition coefficient (Wildman–Crippen LogP) is 5.42. The van der Waals surface area contributed by atoms with Crippen molar-refractivity contribution in [3.8, 4) is 5.88 Å². The number of aromatic hydroxyl groups is 1. The van der Waals surface area contributed by atoms with Gasteiger partial charge in [-0.05, 0) is 47.9 Å². The van der Waals surface area contributed by atoms with Crippen LogP contribution >= 0.6 is 22.9 Å². The van der Waals surface area contributed by atoms with Gasteiger partial charge in [0.05, 0.1) is 29.4 Å². The van der Waals surface area contributed by atoms with Crippen molar-refractivity contribution in [3.05, 3.63) is 69.2 Å². The lowest BCUT2D eigenvalue weighted by Crippen LogP contribution is -2.49. The number of fused-ring (bicyclic) bond motifs is 3. The van der Waals surface area contributed by atoms with Crippen molar-refractivity contribution in [1.82, 2.24) is 20.1 Å². The molecular weight excluding hydrogens is 567 g/mol. The Morgan fingerprint density at radius 1 is 1.25 bits per heavy atom. The van der Waals surface area contributed by atoms with Gasteiger partial charge in [-0.2, -0.15) is 23.3 Å². The number of aromatic amines is 1. The van der Waals surface area contributed by atoms with Gasteiger partial charge in [0.1, 0.15) is 11.5 Å². The van der Waals surface area contributed by atoms with Crippen LogP contribution in [0.4, 0.5) is 18.3 Å². The summed E-state index contributed by atoms with van der Waals surface area (Å²) in [5.74, 6) is -0.350. The van der Waals surface area contributed by atoms with Crippen LogP contribution in [0.1, 0.15) is 28.0 Å². The summed E-state index contributed by atoms with van der Waals surface area (Å²) in [5, 5.41) is 19.2. The van der Waals surface area contributed by atoms with E-state index in [2.05, 4.69) is 20.1 Å². The van der Waals surface area contributed by atoms with Gasteiger partial charge >= 0.3 is 6.18 Å². The first-order chi connectivity index (χ1) is 19.1. The zero-order valence-electron chi connectivity index (χ0n) is 21.1. The van der Waals surface area contributed by atoms with Gasteiger partial charge < -0.3 is 19.6 Å². The molecule has 2 aliphatic rings. The topological polar surface area (TPSA) is 94.6 Å². The van der Waals surface area contributed by atoms with Crippen LogP contribution in [-0.4, -0.2) is 70.0 Å². The number of ether oxygens (including phenoxy) is 1. The molecule has 2 unspecified atom stereocenters. The molecular formula is C27H23ClF3N5O3S. The number of carbonyl (C=O) groups excluding carboxylic acids is 1. The average Bonchev–Trinajstić information content (AvgIpc) is 3.70. The fraction of sp³-hybridized carbons (Fsp3) is 0.296. The number of benzene rings is 2. The molecule has 2 saturated heterocycles. The lowest BCUT2D eigenvalue weighted by atomic mass is 9.98. The maximum atomic E-state index is 14.0. The molecule has 40 heavy (non-hydrogen) atoms. The fourth-order valence-electron chi connectivity index (χ4n) is 5.46. The van der Waals surface area contributed by atoms with E-state index in [4.69, 9.17) is 16.3 Å². The first-order valence-corrected chi connectivity index (χ1v) is 13.6. The Morgan fingerprint density at radius 3 is 2.80 bits per heavy atom. The number of likely N-dealkylation sites (tertiary alicyclic amines) is 1. The van der Waals surface area contributed by atoms with Crippen molar-refractivity contribution in [1.29, 1.82) is 0 Å². The lowest BCUT2D eigenvalue weighted by molar-refractivity contribution is -0.138. The molecule has 0 spiro atoms. The zero-order chi connectivity index (χ0) is 28.2. The first-order valence-electron chi connectivity index (χ1n) is 12.4. The highest BCUT2D eigenvalue weighted by atomic mass is 35.5. The molecule has 8 nitrogen and oxygen atoms in total. The quantitative estimate of drug-likeness (QED) is 0.292. The summed E-state index contributed by atoms with van der Waals surface area (Å²) < 4.78 is 46.9. The maximum absolute atomic E-state index is 14.0. The highest BCUT2D eigenvalue weighted by Crippen LogP contribution is 2.45. The van der Waals surface area contributed by atoms with Crippen molar-refractivity contribution in [3.63, 3.8) is 0 Å². The number of piperazine rings is 1. The third kappa shape index (κ3) is 4.80. The van der Waals surface area contributed by atoms with E-state index in [0.717, 1.165) is 23.4 Å². The van der Waals surface area contributed by atoms with Gasteiger partial charge in [0, 0.05) is 36.2 Å². The van der Waals surface area contributed by atoms with Crippen LogP contribution in [0, 0.1) is 0 Å². The highest BCUT2D eigenvalue weighted by Gasteiger charge is 2.46. The van der Waals surface area contributed by atoms with Gasteiger partial charge in [-0.25, -0.2) is 0 Å². The number of nitrogens with one attached hydrogen (secondary N) is 1. The van der Waals surface area contributed by atoms with Gasteiger partial charge in [-0.3, -0.25) is 9.89 Å². The minimum atomic E-state index is -4.64. The van der Waals surface area contributed by atoms with Crippen LogP contribution in [0.5, 0.6) is 5.88 Å². The minimum absolute atomic E-state index is 0.00376. The van der Waals surface area contributed by atoms with E-state index in [1.807, 2.05) is 4.90 Å². The van der Waals surface area contributed by atoms with Crippen LogP contribution in [0.2, 0.25) is 5.02 Å². The number of methoxy groups -OCH3 is 1. The van der Waals surface area contributed by atoms with Crippen LogP contribution in [-0.2, 0) is 15.7 Å². The van der Waals surface area contributed by atoms with E-state index in [9.17, 15) is 23.1 Å². The molecule has 2 fully saturated rings. The molecule has 6 rings (SSSR count). The lowest BCUT2D eigenvalue weighted by Gasteiger charge is -2.33. The monoisotopic (exact) mass is 589 g/mol. The number of nitrogens with zero attached hydrogens (tertiary/aromatic N) is 4. The maximum Gasteiger partial charge on any atom is 0.417 e. The van der Waals surface area contributed by atoms with Gasteiger partial charge in [-0.1, -0.05) is 35.1 Å². The van der Waals surface area contributed by atoms with Crippen molar-refractivity contribution in [2.24, 2.45) is 0 Å². The Hall–Kier alpha value is -3.61. The number of alkyl halides is 3. The van der Waals surface area contributed by atoms with Crippen molar-refractivity contribution >= 4 is 56.5 Å². The van der Waals surface area contributed by atoms with Crippen molar-refractivity contribution < 1.29 is 27.8 Å². The number of thiazole rings is 1. The van der Waals surface area contributed by atoms with E-state index in [1.54, 1.807) is 24.4 Å². The number of rotatable bonds is 6. The molecule has 0 aliphatic carbocycles. The minimum Gasteiger partial charge on any atom is -0.492 e. The number of carbonyl (C=O) groups is 1. The Balaban J connectivity index is 1.41. The van der Waals surface area contributed by atoms with E-state index < -0.39 is 11.7 Å². The van der Waals surface area contributed by atoms with Crippen molar-refractivity contribution in [2.45, 2.75) is 24.7 Å². The SMILES string of the molecule is COCC(=O)N1CC2CC1CN2c1nc(O)c(C(=Cc2ccc(Cl)cc2C(F)(F)F)c2ccc3[nH]ncc3c2)s1. The second-order valence-electron chi connectivity index (χ2n) is 9.78. The Morgan fingerprint density at radius 2 is 2.08 bits per heavy atom.